The fourth-order valence-corrected chi connectivity index (χ4v) is 8.34. The summed E-state index contributed by atoms with van der Waals surface area (Å²) in [7, 11) is 6.10. The number of fused-ring (bicyclic) bond motifs is 2. The van der Waals surface area contributed by atoms with Crippen LogP contribution in [-0.4, -0.2) is 139 Å². The Morgan fingerprint density at radius 2 is 1.16 bits per heavy atom. The first-order chi connectivity index (χ1) is 36.5. The molecule has 0 radical (unpaired) electrons. The zero-order valence-corrected chi connectivity index (χ0v) is 40.9. The van der Waals surface area contributed by atoms with Gasteiger partial charge >= 0.3 is 5.97 Å². The number of nitrogens with one attached hydrogen (secondary N) is 1. The smallest absolute Gasteiger partial charge is 0.358 e. The highest BCUT2D eigenvalue weighted by Gasteiger charge is 2.26. The van der Waals surface area contributed by atoms with Crippen LogP contribution in [0.3, 0.4) is 0 Å². The van der Waals surface area contributed by atoms with E-state index < -0.39 is 23.5 Å². The van der Waals surface area contributed by atoms with Gasteiger partial charge in [-0.25, -0.2) is 42.3 Å². The normalized spacial score (nSPS) is 13.0. The second-order valence-corrected chi connectivity index (χ2v) is 17.7. The van der Waals surface area contributed by atoms with Gasteiger partial charge in [-0.15, -0.1) is 20.4 Å². The number of amides is 1. The lowest BCUT2D eigenvalue weighted by molar-refractivity contribution is 0.0689. The molecule has 0 spiro atoms. The molecule has 0 bridgehead atoms. The standard InChI is InChI=1S/C24H23FN10O2.C14H13N5O2.C10H12FN5O/c1-32(12-18-20(35-14-26-29-31-35)6-7-21(37-2)23(18)25)24(36)19-13-34(30-28-19)11-17-10-33-9-16(15-3-4-15)5-8-22(33)27-17;20-14(21)12-8-19(17-16-12)7-11-6-18-5-10(9-1-2-9)3-4-13(18)15-11;1-12-5-7-8(16-6-13-14-15-16)3-4-9(17-2)10(7)11/h5-10,13-15H,3-4,11-12H2,1-2H3;3-6,8-9H,1-2,7H2,(H,20,21);3-4,6,12H,5H2,1-2H3. The first-order valence-corrected chi connectivity index (χ1v) is 23.5. The molecule has 8 aromatic heterocycles. The summed E-state index contributed by atoms with van der Waals surface area (Å²) < 4.78 is 49.1. The number of ether oxygens (including phenoxy) is 2. The highest BCUT2D eigenvalue weighted by molar-refractivity contribution is 5.91. The minimum Gasteiger partial charge on any atom is -0.494 e. The molecule has 25 nitrogen and oxygen atoms in total. The SMILES string of the molecule is CNCc1c(-n2cnnn2)ccc(OC)c1F.COc1ccc(-n2cnnn2)c(CN(C)C(=O)c2cn(Cc3cn4cc(C5CC5)ccc4n3)nn2)c1F.O=C(O)c1cn(Cc2cn3cc(C4CC4)ccc3n2)nn1. The number of hydrogen-bond acceptors (Lipinski definition) is 17. The highest BCUT2D eigenvalue weighted by atomic mass is 19.1. The van der Waals surface area contributed by atoms with Gasteiger partial charge in [-0.05, 0) is 113 Å². The molecule has 10 aromatic rings. The molecule has 2 aliphatic rings. The summed E-state index contributed by atoms with van der Waals surface area (Å²) in [6.07, 6.45) is 18.9. The molecule has 0 atom stereocenters. The summed E-state index contributed by atoms with van der Waals surface area (Å²) in [5, 5.41) is 49.1. The van der Waals surface area contributed by atoms with Crippen LogP contribution in [0.2, 0.25) is 0 Å². The van der Waals surface area contributed by atoms with Crippen LogP contribution in [-0.2, 0) is 26.2 Å². The first-order valence-electron chi connectivity index (χ1n) is 23.5. The Hall–Kier alpha value is -9.40. The molecule has 2 N–H and O–H groups in total. The molecule has 1 amide bonds. The predicted octanol–water partition coefficient (Wildman–Crippen LogP) is 4.33. The number of carbonyl (C=O) groups excluding carboxylic acids is 1. The Balaban J connectivity index is 0.000000142. The van der Waals surface area contributed by atoms with Crippen LogP contribution >= 0.6 is 0 Å². The molecule has 2 saturated carbocycles. The summed E-state index contributed by atoms with van der Waals surface area (Å²) in [5.41, 5.74) is 7.74. The quantitative estimate of drug-likeness (QED) is 0.136. The molecule has 384 valence electrons. The number of imidazole rings is 2. The second-order valence-electron chi connectivity index (χ2n) is 17.7. The monoisotopic (exact) mass is 1020 g/mol. The second kappa shape index (κ2) is 21.4. The number of carbonyl (C=O) groups is 2. The van der Waals surface area contributed by atoms with Crippen molar-refractivity contribution in [1.82, 2.24) is 99.4 Å². The first kappa shape index (κ1) is 49.2. The van der Waals surface area contributed by atoms with Crippen molar-refractivity contribution in [2.24, 2.45) is 0 Å². The number of halogens is 2. The van der Waals surface area contributed by atoms with Gasteiger partial charge in [-0.3, -0.25) is 4.79 Å². The molecule has 2 aromatic carbocycles. The summed E-state index contributed by atoms with van der Waals surface area (Å²) in [4.78, 5) is 34.4. The Kier molecular flexibility index (Phi) is 14.0. The molecule has 8 heterocycles. The molecule has 27 heteroatoms. The van der Waals surface area contributed by atoms with E-state index in [2.05, 4.69) is 91.5 Å². The van der Waals surface area contributed by atoms with Gasteiger partial charge in [0.1, 0.15) is 23.9 Å². The van der Waals surface area contributed by atoms with Crippen molar-refractivity contribution in [3.8, 4) is 22.9 Å². The van der Waals surface area contributed by atoms with Crippen LogP contribution in [0.1, 0.15) is 92.1 Å². The van der Waals surface area contributed by atoms with Crippen molar-refractivity contribution in [1.29, 1.82) is 0 Å². The minimum absolute atomic E-state index is 0.0512. The lowest BCUT2D eigenvalue weighted by atomic mass is 10.1. The molecular weight excluding hydrogens is 975 g/mol. The Morgan fingerprint density at radius 3 is 1.61 bits per heavy atom. The number of nitrogens with zero attached hydrogens (tertiary/aromatic N) is 19. The number of benzene rings is 2. The molecule has 12 rings (SSSR count). The number of aromatic nitrogens is 18. The van der Waals surface area contributed by atoms with Crippen LogP contribution in [0.15, 0.2) is 98.4 Å². The van der Waals surface area contributed by atoms with Gasteiger partial charge in [0.15, 0.2) is 34.5 Å². The Morgan fingerprint density at radius 1 is 0.667 bits per heavy atom. The van der Waals surface area contributed by atoms with Crippen LogP contribution in [0, 0.1) is 11.6 Å². The van der Waals surface area contributed by atoms with Gasteiger partial charge in [-0.1, -0.05) is 22.6 Å². The zero-order chi connectivity index (χ0) is 52.2. The number of rotatable bonds is 16. The lowest BCUT2D eigenvalue weighted by Crippen LogP contribution is -2.28. The van der Waals surface area contributed by atoms with E-state index in [1.165, 1.54) is 94.9 Å². The summed E-state index contributed by atoms with van der Waals surface area (Å²) >= 11 is 0. The van der Waals surface area contributed by atoms with Gasteiger partial charge in [0.25, 0.3) is 5.91 Å². The largest absolute Gasteiger partial charge is 0.494 e. The van der Waals surface area contributed by atoms with E-state index >= 15 is 4.39 Å². The van der Waals surface area contributed by atoms with Crippen molar-refractivity contribution in [3.63, 3.8) is 0 Å². The van der Waals surface area contributed by atoms with Crippen molar-refractivity contribution < 1.29 is 33.0 Å². The summed E-state index contributed by atoms with van der Waals surface area (Å²) in [6, 6.07) is 14.7. The number of aromatic carboxylic acids is 1. The van der Waals surface area contributed by atoms with Crippen LogP contribution in [0.4, 0.5) is 8.78 Å². The van der Waals surface area contributed by atoms with Crippen molar-refractivity contribution >= 4 is 23.2 Å². The fourth-order valence-electron chi connectivity index (χ4n) is 8.34. The summed E-state index contributed by atoms with van der Waals surface area (Å²) in [5.74, 6) is -0.891. The average molecular weight is 1020 g/mol. The minimum atomic E-state index is -1.08. The lowest BCUT2D eigenvalue weighted by Gasteiger charge is -2.19. The third-order valence-electron chi connectivity index (χ3n) is 12.4. The molecule has 0 unspecified atom stereocenters. The van der Waals surface area contributed by atoms with E-state index in [0.29, 0.717) is 48.4 Å². The van der Waals surface area contributed by atoms with E-state index in [1.807, 2.05) is 33.3 Å². The highest BCUT2D eigenvalue weighted by Crippen LogP contribution is 2.41. The number of pyridine rings is 2. The number of carboxylic acid groups (broad SMARTS) is 1. The number of hydrogen-bond donors (Lipinski definition) is 2. The van der Waals surface area contributed by atoms with Crippen LogP contribution in [0.25, 0.3) is 22.7 Å². The van der Waals surface area contributed by atoms with Crippen molar-refractivity contribution in [3.05, 3.63) is 155 Å². The Labute approximate surface area is 424 Å². The van der Waals surface area contributed by atoms with Gasteiger partial charge in [0, 0.05) is 49.5 Å². The third kappa shape index (κ3) is 11.0. The van der Waals surface area contributed by atoms with E-state index in [9.17, 15) is 14.0 Å². The summed E-state index contributed by atoms with van der Waals surface area (Å²) in [6.45, 7) is 1.05. The molecule has 0 saturated heterocycles. The maximum absolute atomic E-state index is 15.2. The molecule has 0 aliphatic heterocycles. The Bertz CT molecular complexity index is 3620. The third-order valence-corrected chi connectivity index (χ3v) is 12.4. The van der Waals surface area contributed by atoms with Gasteiger partial charge in [0.05, 0.1) is 69.0 Å². The fraction of sp³-hybridized carbons (Fsp3) is 0.292. The van der Waals surface area contributed by atoms with E-state index in [4.69, 9.17) is 14.6 Å². The maximum Gasteiger partial charge on any atom is 0.358 e. The van der Waals surface area contributed by atoms with Gasteiger partial charge < -0.3 is 33.6 Å². The average Bonchev–Trinajstić information content (AvgIpc) is 3.88. The predicted molar refractivity (Wildman–Crippen MR) is 259 cm³/mol. The molecule has 75 heavy (non-hydrogen) atoms. The van der Waals surface area contributed by atoms with E-state index in [1.54, 1.807) is 43.2 Å². The number of carboxylic acids is 1. The maximum atomic E-state index is 15.2. The van der Waals surface area contributed by atoms with Crippen molar-refractivity contribution in [2.45, 2.75) is 63.7 Å². The molecule has 2 fully saturated rings. The van der Waals surface area contributed by atoms with E-state index in [-0.39, 0.29) is 35.0 Å². The van der Waals surface area contributed by atoms with E-state index in [0.717, 1.165) is 22.7 Å². The van der Waals surface area contributed by atoms with Crippen LogP contribution < -0.4 is 14.8 Å². The van der Waals surface area contributed by atoms with Gasteiger partial charge in [0.2, 0.25) is 0 Å². The van der Waals surface area contributed by atoms with Crippen molar-refractivity contribution in [2.75, 3.05) is 28.3 Å². The molecule has 2 aliphatic carbocycles. The van der Waals surface area contributed by atoms with Crippen LogP contribution in [0.5, 0.6) is 11.5 Å². The van der Waals surface area contributed by atoms with Gasteiger partial charge in [-0.2, -0.15) is 0 Å². The molecular formula is C48H48F2N20O5. The zero-order valence-electron chi connectivity index (χ0n) is 40.9. The topological polar surface area (TPSA) is 271 Å². The number of tetrazole rings is 2. The number of methoxy groups -OCH3 is 2.